The number of carbonyl (C=O) groups is 2. The molecule has 1 unspecified atom stereocenters. The van der Waals surface area contributed by atoms with Gasteiger partial charge in [0.1, 0.15) is 5.82 Å². The Morgan fingerprint density at radius 2 is 1.63 bits per heavy atom. The summed E-state index contributed by atoms with van der Waals surface area (Å²) in [7, 11) is 0. The molecule has 0 saturated carbocycles. The molecule has 7 heteroatoms. The number of hydrogen-bond acceptors (Lipinski definition) is 4. The van der Waals surface area contributed by atoms with Crippen LogP contribution in [0.15, 0.2) is 54.6 Å². The lowest BCUT2D eigenvalue weighted by molar-refractivity contribution is -0.140. The molecule has 0 spiro atoms. The number of amides is 2. The number of rotatable bonds is 5. The second-order valence-corrected chi connectivity index (χ2v) is 6.40. The average molecular weight is 371 g/mol. The summed E-state index contributed by atoms with van der Waals surface area (Å²) in [5.74, 6) is -0.531. The first-order chi connectivity index (χ1) is 13.0. The Bertz CT molecular complexity index is 775. The van der Waals surface area contributed by atoms with Gasteiger partial charge in [0.25, 0.3) is 5.91 Å². The van der Waals surface area contributed by atoms with Crippen molar-refractivity contribution in [2.75, 3.05) is 31.1 Å². The molecule has 2 aromatic rings. The first-order valence-corrected chi connectivity index (χ1v) is 8.82. The van der Waals surface area contributed by atoms with Crippen LogP contribution in [-0.2, 0) is 16.0 Å². The number of nitrogens with two attached hydrogens (primary N) is 1. The molecule has 1 fully saturated rings. The fourth-order valence-corrected chi connectivity index (χ4v) is 3.19. The maximum atomic E-state index is 13.1. The van der Waals surface area contributed by atoms with Crippen LogP contribution in [0.4, 0.5) is 14.9 Å². The van der Waals surface area contributed by atoms with Crippen LogP contribution < -0.4 is 10.6 Å². The molecule has 0 aromatic heterocycles. The molecular weight excluding hydrogens is 349 g/mol. The van der Waals surface area contributed by atoms with Crippen molar-refractivity contribution in [3.8, 4) is 0 Å². The second kappa shape index (κ2) is 8.53. The number of carbonyl (C=O) groups excluding carboxylic acids is 2. The topological polar surface area (TPSA) is 75.9 Å². The highest BCUT2D eigenvalue weighted by Crippen LogP contribution is 2.18. The highest BCUT2D eigenvalue weighted by atomic mass is 19.1. The SMILES string of the molecule is NC(=O)OC(Cc1ccccc1)C(=O)N1CCN(c2ccc(F)cc2)CC1. The molecule has 6 nitrogen and oxygen atoms in total. The quantitative estimate of drug-likeness (QED) is 0.874. The highest BCUT2D eigenvalue weighted by molar-refractivity contribution is 5.84. The van der Waals surface area contributed by atoms with Gasteiger partial charge in [-0.1, -0.05) is 30.3 Å². The van der Waals surface area contributed by atoms with E-state index in [-0.39, 0.29) is 18.1 Å². The van der Waals surface area contributed by atoms with E-state index in [1.165, 1.54) is 12.1 Å². The number of anilines is 1. The standard InChI is InChI=1S/C20H22FN3O3/c21-16-6-8-17(9-7-16)23-10-12-24(13-11-23)19(25)18(27-20(22)26)14-15-4-2-1-3-5-15/h1-9,18H,10-14H2,(H2,22,26). The van der Waals surface area contributed by atoms with Gasteiger partial charge in [-0.15, -0.1) is 0 Å². The molecule has 0 aliphatic carbocycles. The van der Waals surface area contributed by atoms with Crippen molar-refractivity contribution in [2.45, 2.75) is 12.5 Å². The summed E-state index contributed by atoms with van der Waals surface area (Å²) in [4.78, 5) is 27.9. The smallest absolute Gasteiger partial charge is 0.405 e. The number of primary amides is 1. The van der Waals surface area contributed by atoms with E-state index in [4.69, 9.17) is 10.5 Å². The number of piperazine rings is 1. The van der Waals surface area contributed by atoms with Gasteiger partial charge >= 0.3 is 6.09 Å². The first-order valence-electron chi connectivity index (χ1n) is 8.82. The summed E-state index contributed by atoms with van der Waals surface area (Å²) >= 11 is 0. The van der Waals surface area contributed by atoms with Gasteiger partial charge in [0, 0.05) is 38.3 Å². The van der Waals surface area contributed by atoms with E-state index in [9.17, 15) is 14.0 Å². The lowest BCUT2D eigenvalue weighted by Crippen LogP contribution is -2.52. The zero-order valence-corrected chi connectivity index (χ0v) is 14.9. The minimum absolute atomic E-state index is 0.253. The predicted molar refractivity (Wildman–Crippen MR) is 99.8 cm³/mol. The largest absolute Gasteiger partial charge is 0.436 e. The van der Waals surface area contributed by atoms with Crippen molar-refractivity contribution >= 4 is 17.7 Å². The Hall–Kier alpha value is -3.09. The maximum absolute atomic E-state index is 13.1. The van der Waals surface area contributed by atoms with Crippen molar-refractivity contribution in [1.82, 2.24) is 4.90 Å². The molecule has 0 bridgehead atoms. The lowest BCUT2D eigenvalue weighted by Gasteiger charge is -2.37. The van der Waals surface area contributed by atoms with E-state index in [0.29, 0.717) is 26.2 Å². The van der Waals surface area contributed by atoms with E-state index < -0.39 is 12.2 Å². The summed E-state index contributed by atoms with van der Waals surface area (Å²) in [6.07, 6.45) is -1.63. The van der Waals surface area contributed by atoms with E-state index in [1.54, 1.807) is 17.0 Å². The van der Waals surface area contributed by atoms with Gasteiger partial charge in [-0.05, 0) is 29.8 Å². The number of halogens is 1. The van der Waals surface area contributed by atoms with Gasteiger partial charge in [0.15, 0.2) is 6.10 Å². The number of benzene rings is 2. The fourth-order valence-electron chi connectivity index (χ4n) is 3.19. The van der Waals surface area contributed by atoms with E-state index >= 15 is 0 Å². The third-order valence-electron chi connectivity index (χ3n) is 4.58. The van der Waals surface area contributed by atoms with Crippen LogP contribution >= 0.6 is 0 Å². The van der Waals surface area contributed by atoms with Gasteiger partial charge in [-0.2, -0.15) is 0 Å². The zero-order chi connectivity index (χ0) is 19.2. The minimum Gasteiger partial charge on any atom is -0.436 e. The Kier molecular flexibility index (Phi) is 5.90. The van der Waals surface area contributed by atoms with Gasteiger partial charge in [-0.3, -0.25) is 4.79 Å². The van der Waals surface area contributed by atoms with Crippen molar-refractivity contribution in [3.05, 3.63) is 66.0 Å². The number of nitrogens with zero attached hydrogens (tertiary/aromatic N) is 2. The van der Waals surface area contributed by atoms with E-state index in [0.717, 1.165) is 11.3 Å². The van der Waals surface area contributed by atoms with Crippen LogP contribution in [-0.4, -0.2) is 49.2 Å². The maximum Gasteiger partial charge on any atom is 0.405 e. The van der Waals surface area contributed by atoms with Crippen molar-refractivity contribution < 1.29 is 18.7 Å². The molecule has 1 saturated heterocycles. The third kappa shape index (κ3) is 4.97. The second-order valence-electron chi connectivity index (χ2n) is 6.40. The fraction of sp³-hybridized carbons (Fsp3) is 0.300. The zero-order valence-electron chi connectivity index (χ0n) is 14.9. The van der Waals surface area contributed by atoms with Crippen LogP contribution in [0.5, 0.6) is 0 Å². The number of ether oxygens (including phenoxy) is 1. The van der Waals surface area contributed by atoms with Crippen LogP contribution in [0.2, 0.25) is 0 Å². The molecule has 2 N–H and O–H groups in total. The molecule has 27 heavy (non-hydrogen) atoms. The summed E-state index contributed by atoms with van der Waals surface area (Å²) in [5.41, 5.74) is 6.96. The average Bonchev–Trinajstić information content (AvgIpc) is 2.68. The van der Waals surface area contributed by atoms with E-state index in [1.807, 2.05) is 30.3 Å². The molecule has 1 aliphatic heterocycles. The molecular formula is C20H22FN3O3. The summed E-state index contributed by atoms with van der Waals surface area (Å²) in [6, 6.07) is 15.6. The van der Waals surface area contributed by atoms with Gasteiger partial charge in [0.05, 0.1) is 0 Å². The Morgan fingerprint density at radius 1 is 1.00 bits per heavy atom. The van der Waals surface area contributed by atoms with Crippen LogP contribution in [0.3, 0.4) is 0 Å². The van der Waals surface area contributed by atoms with Crippen LogP contribution in [0.1, 0.15) is 5.56 Å². The lowest BCUT2D eigenvalue weighted by atomic mass is 10.1. The van der Waals surface area contributed by atoms with Gasteiger partial charge in [-0.25, -0.2) is 9.18 Å². The van der Waals surface area contributed by atoms with Gasteiger partial charge < -0.3 is 20.3 Å². The normalized spacial score (nSPS) is 15.3. The Balaban J connectivity index is 1.62. The van der Waals surface area contributed by atoms with Crippen LogP contribution in [0, 0.1) is 5.82 Å². The van der Waals surface area contributed by atoms with Crippen LogP contribution in [0.25, 0.3) is 0 Å². The molecule has 142 valence electrons. The van der Waals surface area contributed by atoms with Gasteiger partial charge in [0.2, 0.25) is 0 Å². The van der Waals surface area contributed by atoms with Crippen molar-refractivity contribution in [1.29, 1.82) is 0 Å². The highest BCUT2D eigenvalue weighted by Gasteiger charge is 2.30. The molecule has 1 heterocycles. The molecule has 2 amide bonds. The minimum atomic E-state index is -0.964. The molecule has 1 atom stereocenters. The number of hydrogen-bond donors (Lipinski definition) is 1. The van der Waals surface area contributed by atoms with Crippen molar-refractivity contribution in [2.24, 2.45) is 5.73 Å². The van der Waals surface area contributed by atoms with E-state index in [2.05, 4.69) is 4.90 Å². The summed E-state index contributed by atoms with van der Waals surface area (Å²) < 4.78 is 18.2. The third-order valence-corrected chi connectivity index (χ3v) is 4.58. The van der Waals surface area contributed by atoms with Crippen molar-refractivity contribution in [3.63, 3.8) is 0 Å². The summed E-state index contributed by atoms with van der Waals surface area (Å²) in [5, 5.41) is 0. The molecule has 3 rings (SSSR count). The Morgan fingerprint density at radius 3 is 2.22 bits per heavy atom. The predicted octanol–water partition coefficient (Wildman–Crippen LogP) is 2.18. The molecule has 0 radical (unpaired) electrons. The first kappa shape index (κ1) is 18.7. The summed E-state index contributed by atoms with van der Waals surface area (Å²) in [6.45, 7) is 2.21. The molecule has 1 aliphatic rings. The Labute approximate surface area is 157 Å². The molecule has 2 aromatic carbocycles. The monoisotopic (exact) mass is 371 g/mol.